The summed E-state index contributed by atoms with van der Waals surface area (Å²) < 4.78 is 18.4. The van der Waals surface area contributed by atoms with Crippen molar-refractivity contribution in [2.75, 3.05) is 20.2 Å². The van der Waals surface area contributed by atoms with Crippen LogP contribution in [0.15, 0.2) is 47.6 Å². The fraction of sp³-hybridized carbons (Fsp3) is 0.333. The average molecular weight is 371 g/mol. The Morgan fingerprint density at radius 2 is 1.74 bits per heavy atom. The molecule has 0 saturated carbocycles. The number of nitrogens with zero attached hydrogens (tertiary/aromatic N) is 2. The summed E-state index contributed by atoms with van der Waals surface area (Å²) in [6.07, 6.45) is 0. The molecule has 5 nitrogen and oxygen atoms in total. The van der Waals surface area contributed by atoms with Gasteiger partial charge < -0.3 is 4.74 Å². The molecule has 0 aliphatic heterocycles. The van der Waals surface area contributed by atoms with Crippen molar-refractivity contribution in [2.24, 2.45) is 5.10 Å². The van der Waals surface area contributed by atoms with Crippen LogP contribution in [0.3, 0.4) is 0 Å². The van der Waals surface area contributed by atoms with Gasteiger partial charge in [0.2, 0.25) is 0 Å². The minimum absolute atomic E-state index is 0.352. The van der Waals surface area contributed by atoms with Crippen LogP contribution >= 0.6 is 0 Å². The molecule has 2 aromatic carbocycles. The van der Waals surface area contributed by atoms with Gasteiger partial charge in [-0.15, -0.1) is 0 Å². The summed E-state index contributed by atoms with van der Waals surface area (Å²) in [5.74, 6) is 0.0604. The number of carbonyl (C=O) groups excluding carboxylic acids is 1. The Hall–Kier alpha value is -2.73. The topological polar surface area (TPSA) is 53.9 Å². The lowest BCUT2D eigenvalue weighted by Crippen LogP contribution is -2.22. The molecule has 0 radical (unpaired) electrons. The highest BCUT2D eigenvalue weighted by molar-refractivity contribution is 6.01. The SMILES string of the molecule is CCN(CC)Cc1cc(C(C)=NNC(=O)c2ccc(F)cc2)ccc1OC. The summed E-state index contributed by atoms with van der Waals surface area (Å²) in [4.78, 5) is 14.4. The quantitative estimate of drug-likeness (QED) is 0.567. The fourth-order valence-corrected chi connectivity index (χ4v) is 2.68. The second kappa shape index (κ2) is 9.83. The molecule has 27 heavy (non-hydrogen) atoms. The summed E-state index contributed by atoms with van der Waals surface area (Å²) in [6.45, 7) is 8.75. The summed E-state index contributed by atoms with van der Waals surface area (Å²) >= 11 is 0. The number of methoxy groups -OCH3 is 1. The predicted octanol–water partition coefficient (Wildman–Crippen LogP) is 3.83. The molecule has 0 atom stereocenters. The number of benzene rings is 2. The molecule has 6 heteroatoms. The Morgan fingerprint density at radius 1 is 1.11 bits per heavy atom. The summed E-state index contributed by atoms with van der Waals surface area (Å²) in [6, 6.07) is 11.2. The van der Waals surface area contributed by atoms with E-state index in [0.717, 1.165) is 36.5 Å². The molecular weight excluding hydrogens is 345 g/mol. The molecule has 0 unspecified atom stereocenters. The van der Waals surface area contributed by atoms with Gasteiger partial charge in [0.15, 0.2) is 0 Å². The van der Waals surface area contributed by atoms with Gasteiger partial charge in [0.25, 0.3) is 5.91 Å². The molecular formula is C21H26FN3O2. The normalized spacial score (nSPS) is 11.6. The molecule has 2 aromatic rings. The monoisotopic (exact) mass is 371 g/mol. The van der Waals surface area contributed by atoms with Crippen molar-refractivity contribution < 1.29 is 13.9 Å². The third kappa shape index (κ3) is 5.62. The van der Waals surface area contributed by atoms with E-state index in [2.05, 4.69) is 29.3 Å². The van der Waals surface area contributed by atoms with Crippen molar-refractivity contribution in [2.45, 2.75) is 27.3 Å². The third-order valence-electron chi connectivity index (χ3n) is 4.42. The lowest BCUT2D eigenvalue weighted by molar-refractivity contribution is 0.0955. The first-order valence-corrected chi connectivity index (χ1v) is 8.98. The van der Waals surface area contributed by atoms with Gasteiger partial charge in [-0.25, -0.2) is 9.82 Å². The van der Waals surface area contributed by atoms with Crippen LogP contribution in [-0.2, 0) is 6.54 Å². The van der Waals surface area contributed by atoms with Crippen molar-refractivity contribution in [3.8, 4) is 5.75 Å². The van der Waals surface area contributed by atoms with Crippen LogP contribution in [0.4, 0.5) is 4.39 Å². The van der Waals surface area contributed by atoms with Crippen LogP contribution in [0.1, 0.15) is 42.3 Å². The van der Waals surface area contributed by atoms with Gasteiger partial charge in [0.1, 0.15) is 11.6 Å². The van der Waals surface area contributed by atoms with E-state index in [1.165, 1.54) is 24.3 Å². The third-order valence-corrected chi connectivity index (χ3v) is 4.42. The minimum Gasteiger partial charge on any atom is -0.496 e. The largest absolute Gasteiger partial charge is 0.496 e. The Labute approximate surface area is 159 Å². The molecule has 0 fully saturated rings. The van der Waals surface area contributed by atoms with E-state index in [1.807, 2.05) is 25.1 Å². The maximum atomic E-state index is 13.0. The standard InChI is InChI=1S/C21H26FN3O2/c1-5-25(6-2)14-18-13-17(9-12-20(18)27-4)15(3)23-24-21(26)16-7-10-19(22)11-8-16/h7-13H,5-6,14H2,1-4H3,(H,24,26). The highest BCUT2D eigenvalue weighted by Gasteiger charge is 2.10. The molecule has 0 saturated heterocycles. The molecule has 0 heterocycles. The van der Waals surface area contributed by atoms with Crippen LogP contribution in [0.25, 0.3) is 0 Å². The molecule has 0 aliphatic rings. The maximum absolute atomic E-state index is 13.0. The van der Waals surface area contributed by atoms with E-state index in [4.69, 9.17) is 4.74 Å². The highest BCUT2D eigenvalue weighted by Crippen LogP contribution is 2.22. The summed E-state index contributed by atoms with van der Waals surface area (Å²) in [5, 5.41) is 4.18. The molecule has 0 aliphatic carbocycles. The van der Waals surface area contributed by atoms with Crippen molar-refractivity contribution >= 4 is 11.6 Å². The number of ether oxygens (including phenoxy) is 1. The van der Waals surface area contributed by atoms with Crippen LogP contribution in [-0.4, -0.2) is 36.7 Å². The molecule has 0 aromatic heterocycles. The second-order valence-electron chi connectivity index (χ2n) is 6.13. The summed E-state index contributed by atoms with van der Waals surface area (Å²) in [5.41, 5.74) is 5.51. The molecule has 0 spiro atoms. The number of hydrazone groups is 1. The maximum Gasteiger partial charge on any atom is 0.271 e. The van der Waals surface area contributed by atoms with Gasteiger partial charge in [0.05, 0.1) is 12.8 Å². The highest BCUT2D eigenvalue weighted by atomic mass is 19.1. The van der Waals surface area contributed by atoms with Crippen molar-refractivity contribution in [3.05, 3.63) is 65.0 Å². The van der Waals surface area contributed by atoms with Crippen LogP contribution in [0, 0.1) is 5.82 Å². The first-order chi connectivity index (χ1) is 13.0. The second-order valence-corrected chi connectivity index (χ2v) is 6.13. The smallest absolute Gasteiger partial charge is 0.271 e. The zero-order chi connectivity index (χ0) is 19.8. The van der Waals surface area contributed by atoms with E-state index < -0.39 is 0 Å². The Bertz CT molecular complexity index is 800. The van der Waals surface area contributed by atoms with Gasteiger partial charge in [0, 0.05) is 17.7 Å². The fourth-order valence-electron chi connectivity index (χ4n) is 2.68. The van der Waals surface area contributed by atoms with E-state index in [-0.39, 0.29) is 11.7 Å². The van der Waals surface area contributed by atoms with Crippen LogP contribution in [0.2, 0.25) is 0 Å². The van der Waals surface area contributed by atoms with E-state index >= 15 is 0 Å². The van der Waals surface area contributed by atoms with Crippen molar-refractivity contribution in [1.29, 1.82) is 0 Å². The number of hydrogen-bond acceptors (Lipinski definition) is 4. The zero-order valence-electron chi connectivity index (χ0n) is 16.3. The summed E-state index contributed by atoms with van der Waals surface area (Å²) in [7, 11) is 1.66. The first kappa shape index (κ1) is 20.6. The van der Waals surface area contributed by atoms with Gasteiger partial charge in [-0.2, -0.15) is 5.10 Å². The lowest BCUT2D eigenvalue weighted by Gasteiger charge is -2.20. The number of halogens is 1. The number of carbonyl (C=O) groups is 1. The van der Waals surface area contributed by atoms with Crippen molar-refractivity contribution in [3.63, 3.8) is 0 Å². The minimum atomic E-state index is -0.384. The van der Waals surface area contributed by atoms with Crippen LogP contribution in [0.5, 0.6) is 5.75 Å². The molecule has 1 N–H and O–H groups in total. The van der Waals surface area contributed by atoms with Crippen LogP contribution < -0.4 is 10.2 Å². The zero-order valence-corrected chi connectivity index (χ0v) is 16.3. The average Bonchev–Trinajstić information content (AvgIpc) is 2.70. The van der Waals surface area contributed by atoms with Gasteiger partial charge in [-0.3, -0.25) is 9.69 Å². The number of hydrogen-bond donors (Lipinski definition) is 1. The van der Waals surface area contributed by atoms with Gasteiger partial charge >= 0.3 is 0 Å². The molecule has 2 rings (SSSR count). The number of nitrogens with one attached hydrogen (secondary N) is 1. The van der Waals surface area contributed by atoms with E-state index in [9.17, 15) is 9.18 Å². The molecule has 0 bridgehead atoms. The Morgan fingerprint density at radius 3 is 2.33 bits per heavy atom. The van der Waals surface area contributed by atoms with E-state index in [1.54, 1.807) is 7.11 Å². The number of rotatable bonds is 8. The Balaban J connectivity index is 2.16. The van der Waals surface area contributed by atoms with Gasteiger partial charge in [-0.05, 0) is 68.0 Å². The van der Waals surface area contributed by atoms with Crippen molar-refractivity contribution in [1.82, 2.24) is 10.3 Å². The molecule has 144 valence electrons. The van der Waals surface area contributed by atoms with Gasteiger partial charge in [-0.1, -0.05) is 13.8 Å². The van der Waals surface area contributed by atoms with E-state index in [0.29, 0.717) is 11.3 Å². The Kier molecular flexibility index (Phi) is 7.49. The lowest BCUT2D eigenvalue weighted by atomic mass is 10.1. The first-order valence-electron chi connectivity index (χ1n) is 8.98. The number of amides is 1. The molecule has 1 amide bonds. The predicted molar refractivity (Wildman–Crippen MR) is 106 cm³/mol.